The van der Waals surface area contributed by atoms with Crippen LogP contribution in [-0.4, -0.2) is 17.9 Å². The number of carbonyl (C=O) groups excluding carboxylic acids is 2. The molecule has 0 aromatic rings. The van der Waals surface area contributed by atoms with Crippen LogP contribution >= 0.6 is 0 Å². The lowest BCUT2D eigenvalue weighted by atomic mass is 10.1. The molecule has 3 N–H and O–H groups in total. The van der Waals surface area contributed by atoms with E-state index in [0.717, 1.165) is 0 Å². The van der Waals surface area contributed by atoms with Gasteiger partial charge in [0.15, 0.2) is 0 Å². The summed E-state index contributed by atoms with van der Waals surface area (Å²) in [5, 5.41) is 2.58. The van der Waals surface area contributed by atoms with Crippen LogP contribution in [-0.2, 0) is 9.59 Å². The number of amides is 2. The maximum absolute atomic E-state index is 10.9. The first kappa shape index (κ1) is 7.78. The third kappa shape index (κ3) is 1.39. The van der Waals surface area contributed by atoms with Crippen LogP contribution in [0.15, 0.2) is 12.7 Å². The molecule has 60 valence electrons. The first-order valence-electron chi connectivity index (χ1n) is 3.37. The summed E-state index contributed by atoms with van der Waals surface area (Å²) < 4.78 is 0. The van der Waals surface area contributed by atoms with Crippen LogP contribution in [0.5, 0.6) is 0 Å². The minimum absolute atomic E-state index is 0.0972. The molecule has 1 aliphatic rings. The van der Waals surface area contributed by atoms with Gasteiger partial charge in [-0.2, -0.15) is 0 Å². The Labute approximate surface area is 64.4 Å². The largest absolute Gasteiger partial charge is 0.369 e. The van der Waals surface area contributed by atoms with Crippen molar-refractivity contribution in [2.75, 3.05) is 0 Å². The monoisotopic (exact) mass is 154 g/mol. The van der Waals surface area contributed by atoms with E-state index in [4.69, 9.17) is 5.73 Å². The molecule has 1 saturated heterocycles. The van der Waals surface area contributed by atoms with Crippen LogP contribution in [0.4, 0.5) is 0 Å². The van der Waals surface area contributed by atoms with Crippen LogP contribution < -0.4 is 11.1 Å². The van der Waals surface area contributed by atoms with E-state index in [1.807, 2.05) is 0 Å². The van der Waals surface area contributed by atoms with Crippen LogP contribution in [0, 0.1) is 5.92 Å². The Bertz CT molecular complexity index is 212. The molecule has 0 radical (unpaired) electrons. The van der Waals surface area contributed by atoms with Crippen molar-refractivity contribution < 1.29 is 9.59 Å². The molecule has 1 rings (SSSR count). The van der Waals surface area contributed by atoms with Gasteiger partial charge in [0, 0.05) is 6.04 Å². The maximum atomic E-state index is 10.9. The minimum Gasteiger partial charge on any atom is -0.369 e. The molecule has 0 aliphatic carbocycles. The van der Waals surface area contributed by atoms with Crippen LogP contribution in [0.25, 0.3) is 0 Å². The van der Waals surface area contributed by atoms with E-state index in [2.05, 4.69) is 11.9 Å². The van der Waals surface area contributed by atoms with Gasteiger partial charge in [0.25, 0.3) is 0 Å². The standard InChI is InChI=1S/C7H10N2O2/c1-2-4-3-5(6(8)10)7(11)9-4/h2,4-5H,1,3H2,(H2,8,10)(H,9,11)/t4-,5+/m0/s1. The number of carbonyl (C=O) groups is 2. The smallest absolute Gasteiger partial charge is 0.233 e. The zero-order valence-electron chi connectivity index (χ0n) is 6.04. The lowest BCUT2D eigenvalue weighted by Crippen LogP contribution is -2.30. The molecular formula is C7H10N2O2. The van der Waals surface area contributed by atoms with Crippen molar-refractivity contribution in [3.8, 4) is 0 Å². The average Bonchev–Trinajstić information content (AvgIpc) is 2.30. The highest BCUT2D eigenvalue weighted by Gasteiger charge is 2.34. The molecular weight excluding hydrogens is 144 g/mol. The highest BCUT2D eigenvalue weighted by molar-refractivity contribution is 6.01. The second-order valence-corrected chi connectivity index (χ2v) is 2.54. The lowest BCUT2D eigenvalue weighted by Gasteiger charge is -1.98. The fraction of sp³-hybridized carbons (Fsp3) is 0.429. The van der Waals surface area contributed by atoms with Crippen molar-refractivity contribution >= 4 is 11.8 Å². The van der Waals surface area contributed by atoms with Crippen molar-refractivity contribution in [2.24, 2.45) is 11.7 Å². The zero-order chi connectivity index (χ0) is 8.43. The van der Waals surface area contributed by atoms with E-state index in [1.165, 1.54) is 0 Å². The molecule has 0 aromatic carbocycles. The molecule has 11 heavy (non-hydrogen) atoms. The van der Waals surface area contributed by atoms with Crippen LogP contribution in [0.3, 0.4) is 0 Å². The topological polar surface area (TPSA) is 72.2 Å². The highest BCUT2D eigenvalue weighted by Crippen LogP contribution is 2.14. The Balaban J connectivity index is 2.65. The summed E-state index contributed by atoms with van der Waals surface area (Å²) in [7, 11) is 0. The summed E-state index contributed by atoms with van der Waals surface area (Å²) in [6, 6.07) is -0.0972. The van der Waals surface area contributed by atoms with Gasteiger partial charge in [-0.1, -0.05) is 6.08 Å². The fourth-order valence-electron chi connectivity index (χ4n) is 1.10. The minimum atomic E-state index is -0.669. The van der Waals surface area contributed by atoms with E-state index in [-0.39, 0.29) is 11.9 Å². The first-order valence-corrected chi connectivity index (χ1v) is 3.37. The number of nitrogens with one attached hydrogen (secondary N) is 1. The van der Waals surface area contributed by atoms with E-state index < -0.39 is 11.8 Å². The molecule has 0 unspecified atom stereocenters. The van der Waals surface area contributed by atoms with E-state index in [9.17, 15) is 9.59 Å². The van der Waals surface area contributed by atoms with Gasteiger partial charge in [-0.3, -0.25) is 9.59 Å². The molecule has 0 saturated carbocycles. The van der Waals surface area contributed by atoms with Gasteiger partial charge in [0.1, 0.15) is 5.92 Å². The summed E-state index contributed by atoms with van der Waals surface area (Å²) >= 11 is 0. The van der Waals surface area contributed by atoms with Crippen molar-refractivity contribution in [2.45, 2.75) is 12.5 Å². The number of rotatable bonds is 2. The Morgan fingerprint density at radius 3 is 2.73 bits per heavy atom. The fourth-order valence-corrected chi connectivity index (χ4v) is 1.10. The van der Waals surface area contributed by atoms with Gasteiger partial charge < -0.3 is 11.1 Å². The van der Waals surface area contributed by atoms with Gasteiger partial charge in [-0.15, -0.1) is 6.58 Å². The van der Waals surface area contributed by atoms with Gasteiger partial charge in [0.2, 0.25) is 11.8 Å². The first-order chi connectivity index (χ1) is 5.15. The van der Waals surface area contributed by atoms with Crippen molar-refractivity contribution in [3.05, 3.63) is 12.7 Å². The molecule has 4 nitrogen and oxygen atoms in total. The molecule has 0 aromatic heterocycles. The number of hydrogen-bond donors (Lipinski definition) is 2. The highest BCUT2D eigenvalue weighted by atomic mass is 16.2. The predicted octanol–water partition coefficient (Wildman–Crippen LogP) is -0.838. The van der Waals surface area contributed by atoms with E-state index >= 15 is 0 Å². The Morgan fingerprint density at radius 2 is 2.45 bits per heavy atom. The van der Waals surface area contributed by atoms with Crippen LogP contribution in [0.2, 0.25) is 0 Å². The SMILES string of the molecule is C=C[C@H]1C[C@H](C(N)=O)C(=O)N1. The average molecular weight is 154 g/mol. The predicted molar refractivity (Wildman–Crippen MR) is 39.4 cm³/mol. The van der Waals surface area contributed by atoms with Gasteiger partial charge >= 0.3 is 0 Å². The summed E-state index contributed by atoms with van der Waals surface area (Å²) in [5.74, 6) is -1.52. The quantitative estimate of drug-likeness (QED) is 0.402. The third-order valence-corrected chi connectivity index (χ3v) is 1.76. The maximum Gasteiger partial charge on any atom is 0.233 e. The molecule has 1 heterocycles. The van der Waals surface area contributed by atoms with Crippen LogP contribution in [0.1, 0.15) is 6.42 Å². The summed E-state index contributed by atoms with van der Waals surface area (Å²) in [6.07, 6.45) is 2.04. The Hall–Kier alpha value is -1.32. The molecule has 4 heteroatoms. The van der Waals surface area contributed by atoms with Crippen molar-refractivity contribution in [3.63, 3.8) is 0 Å². The summed E-state index contributed by atoms with van der Waals surface area (Å²) in [4.78, 5) is 21.5. The zero-order valence-corrected chi connectivity index (χ0v) is 6.04. The number of hydrogen-bond acceptors (Lipinski definition) is 2. The molecule has 1 aliphatic heterocycles. The molecule has 0 spiro atoms. The molecule has 2 atom stereocenters. The van der Waals surface area contributed by atoms with Gasteiger partial charge in [-0.05, 0) is 6.42 Å². The molecule has 0 bridgehead atoms. The lowest BCUT2D eigenvalue weighted by molar-refractivity contribution is -0.131. The Kier molecular flexibility index (Phi) is 1.94. The van der Waals surface area contributed by atoms with Crippen molar-refractivity contribution in [1.82, 2.24) is 5.32 Å². The summed E-state index contributed by atoms with van der Waals surface area (Å²) in [5.41, 5.74) is 4.97. The number of nitrogens with two attached hydrogens (primary N) is 1. The molecule has 2 amide bonds. The second kappa shape index (κ2) is 2.74. The van der Waals surface area contributed by atoms with E-state index in [0.29, 0.717) is 6.42 Å². The second-order valence-electron chi connectivity index (χ2n) is 2.54. The Morgan fingerprint density at radius 1 is 1.82 bits per heavy atom. The number of primary amides is 1. The third-order valence-electron chi connectivity index (χ3n) is 1.76. The van der Waals surface area contributed by atoms with Gasteiger partial charge in [0.05, 0.1) is 0 Å². The van der Waals surface area contributed by atoms with Gasteiger partial charge in [-0.25, -0.2) is 0 Å². The normalized spacial score (nSPS) is 29.6. The molecule has 1 fully saturated rings. The summed E-state index contributed by atoms with van der Waals surface area (Å²) in [6.45, 7) is 3.50. The van der Waals surface area contributed by atoms with Crippen molar-refractivity contribution in [1.29, 1.82) is 0 Å². The van der Waals surface area contributed by atoms with E-state index in [1.54, 1.807) is 6.08 Å².